The van der Waals surface area contributed by atoms with Gasteiger partial charge in [0.15, 0.2) is 0 Å². The van der Waals surface area contributed by atoms with Crippen molar-refractivity contribution in [1.29, 1.82) is 0 Å². The molecule has 0 saturated heterocycles. The summed E-state index contributed by atoms with van der Waals surface area (Å²) in [5.41, 5.74) is 11.0. The molecule has 2 aromatic heterocycles. The highest BCUT2D eigenvalue weighted by molar-refractivity contribution is 5.89. The lowest BCUT2D eigenvalue weighted by Crippen LogP contribution is -1.92. The van der Waals surface area contributed by atoms with Gasteiger partial charge in [-0.05, 0) is 66.6 Å². The van der Waals surface area contributed by atoms with Crippen molar-refractivity contribution in [3.05, 3.63) is 78.2 Å². The third kappa shape index (κ3) is 2.83. The van der Waals surface area contributed by atoms with E-state index in [2.05, 4.69) is 16.0 Å². The van der Waals surface area contributed by atoms with Gasteiger partial charge in [-0.25, -0.2) is 9.37 Å². The van der Waals surface area contributed by atoms with Crippen LogP contribution in [0.25, 0.3) is 33.3 Å². The van der Waals surface area contributed by atoms with Crippen molar-refractivity contribution in [2.24, 2.45) is 0 Å². The average molecular weight is 329 g/mol. The van der Waals surface area contributed by atoms with E-state index >= 15 is 0 Å². The van der Waals surface area contributed by atoms with Crippen LogP contribution in [0.5, 0.6) is 0 Å². The van der Waals surface area contributed by atoms with E-state index in [4.69, 9.17) is 5.73 Å². The van der Waals surface area contributed by atoms with E-state index < -0.39 is 0 Å². The van der Waals surface area contributed by atoms with Crippen molar-refractivity contribution < 1.29 is 4.39 Å². The van der Waals surface area contributed by atoms with Crippen molar-refractivity contribution in [2.45, 2.75) is 6.92 Å². The molecule has 2 heterocycles. The number of halogens is 1. The van der Waals surface area contributed by atoms with Crippen LogP contribution < -0.4 is 5.73 Å². The summed E-state index contributed by atoms with van der Waals surface area (Å²) >= 11 is 0. The Morgan fingerprint density at radius 1 is 0.920 bits per heavy atom. The van der Waals surface area contributed by atoms with Crippen LogP contribution in [0.1, 0.15) is 5.56 Å². The minimum atomic E-state index is -0.212. The highest BCUT2D eigenvalue weighted by Crippen LogP contribution is 2.32. The molecule has 0 amide bonds. The Hall–Kier alpha value is -3.27. The Bertz CT molecular complexity index is 1090. The van der Waals surface area contributed by atoms with Crippen molar-refractivity contribution in [2.75, 3.05) is 5.73 Å². The maximum atomic E-state index is 13.6. The van der Waals surface area contributed by atoms with Gasteiger partial charge in [-0.3, -0.25) is 4.98 Å². The van der Waals surface area contributed by atoms with Crippen LogP contribution in [0.4, 0.5) is 10.2 Å². The molecule has 122 valence electrons. The van der Waals surface area contributed by atoms with E-state index in [1.807, 2.05) is 36.4 Å². The molecular weight excluding hydrogens is 313 g/mol. The molecule has 0 aliphatic carbocycles. The summed E-state index contributed by atoms with van der Waals surface area (Å²) in [7, 11) is 0. The van der Waals surface area contributed by atoms with E-state index in [0.717, 1.165) is 33.3 Å². The number of fused-ring (bicyclic) bond motifs is 1. The molecule has 0 fully saturated rings. The van der Waals surface area contributed by atoms with Gasteiger partial charge < -0.3 is 5.73 Å². The Balaban J connectivity index is 1.89. The fraction of sp³-hybridized carbons (Fsp3) is 0.0476. The molecule has 4 rings (SSSR count). The van der Waals surface area contributed by atoms with Gasteiger partial charge in [0.2, 0.25) is 0 Å². The summed E-state index contributed by atoms with van der Waals surface area (Å²) in [6, 6.07) is 18.8. The van der Waals surface area contributed by atoms with E-state index in [0.29, 0.717) is 11.4 Å². The van der Waals surface area contributed by atoms with Crippen LogP contribution in [0, 0.1) is 12.7 Å². The number of aromatic nitrogens is 2. The van der Waals surface area contributed by atoms with Gasteiger partial charge in [-0.2, -0.15) is 0 Å². The number of nitrogens with two attached hydrogens (primary N) is 1. The first-order valence-electron chi connectivity index (χ1n) is 8.00. The average Bonchev–Trinajstić information content (AvgIpc) is 2.63. The smallest absolute Gasteiger partial charge is 0.126 e. The summed E-state index contributed by atoms with van der Waals surface area (Å²) in [5.74, 6) is 0.291. The van der Waals surface area contributed by atoms with Crippen LogP contribution in [0.15, 0.2) is 66.9 Å². The number of hydrogen-bond donors (Lipinski definition) is 1. The highest BCUT2D eigenvalue weighted by Gasteiger charge is 2.11. The fourth-order valence-electron chi connectivity index (χ4n) is 2.97. The number of rotatable bonds is 2. The summed E-state index contributed by atoms with van der Waals surface area (Å²) in [4.78, 5) is 8.87. The van der Waals surface area contributed by atoms with Crippen LogP contribution >= 0.6 is 0 Å². The molecular formula is C21H16FN3. The zero-order valence-corrected chi connectivity index (χ0v) is 13.7. The van der Waals surface area contributed by atoms with Crippen molar-refractivity contribution in [3.63, 3.8) is 0 Å². The molecule has 2 aromatic carbocycles. The lowest BCUT2D eigenvalue weighted by Gasteiger charge is -2.11. The zero-order valence-electron chi connectivity index (χ0n) is 13.7. The lowest BCUT2D eigenvalue weighted by atomic mass is 9.97. The van der Waals surface area contributed by atoms with Crippen LogP contribution in [0.3, 0.4) is 0 Å². The standard InChI is InChI=1S/C21H16FN3/c1-13-11-16(4-7-18(13)22)21-17(3-2-10-24-21)14-5-8-19-15(12-14)6-9-20(23)25-19/h2-12H,1H3,(H2,23,25). The number of hydrogen-bond acceptors (Lipinski definition) is 3. The first-order valence-corrected chi connectivity index (χ1v) is 8.00. The quantitative estimate of drug-likeness (QED) is 0.563. The zero-order chi connectivity index (χ0) is 17.4. The van der Waals surface area contributed by atoms with Gasteiger partial charge in [0, 0.05) is 22.7 Å². The molecule has 0 spiro atoms. The van der Waals surface area contributed by atoms with Crippen LogP contribution in [-0.2, 0) is 0 Å². The van der Waals surface area contributed by atoms with E-state index in [1.54, 1.807) is 25.3 Å². The topological polar surface area (TPSA) is 51.8 Å². The molecule has 0 aliphatic rings. The minimum absolute atomic E-state index is 0.212. The van der Waals surface area contributed by atoms with Gasteiger partial charge in [-0.1, -0.05) is 12.1 Å². The number of aryl methyl sites for hydroxylation is 1. The molecule has 0 atom stereocenters. The monoisotopic (exact) mass is 329 g/mol. The normalized spacial score (nSPS) is 11.0. The van der Waals surface area contributed by atoms with Gasteiger partial charge >= 0.3 is 0 Å². The lowest BCUT2D eigenvalue weighted by molar-refractivity contribution is 0.619. The van der Waals surface area contributed by atoms with E-state index in [9.17, 15) is 4.39 Å². The number of anilines is 1. The fourth-order valence-corrected chi connectivity index (χ4v) is 2.97. The number of pyridine rings is 2. The van der Waals surface area contributed by atoms with Crippen LogP contribution in [-0.4, -0.2) is 9.97 Å². The molecule has 2 N–H and O–H groups in total. The Morgan fingerprint density at radius 3 is 2.60 bits per heavy atom. The van der Waals surface area contributed by atoms with Crippen LogP contribution in [0.2, 0.25) is 0 Å². The second kappa shape index (κ2) is 5.98. The van der Waals surface area contributed by atoms with Crippen molar-refractivity contribution >= 4 is 16.7 Å². The number of nitrogens with zero attached hydrogens (tertiary/aromatic N) is 2. The molecule has 4 aromatic rings. The third-order valence-corrected chi connectivity index (χ3v) is 4.26. The number of nitrogen functional groups attached to an aromatic ring is 1. The molecule has 3 nitrogen and oxygen atoms in total. The first-order chi connectivity index (χ1) is 12.1. The SMILES string of the molecule is Cc1cc(-c2ncccc2-c2ccc3nc(N)ccc3c2)ccc1F. The second-order valence-corrected chi connectivity index (χ2v) is 6.01. The Kier molecular flexibility index (Phi) is 3.65. The molecule has 0 bridgehead atoms. The van der Waals surface area contributed by atoms with Crippen molar-refractivity contribution in [3.8, 4) is 22.4 Å². The number of benzene rings is 2. The molecule has 0 radical (unpaired) electrons. The Labute approximate surface area is 145 Å². The first kappa shape index (κ1) is 15.3. The Morgan fingerprint density at radius 2 is 1.76 bits per heavy atom. The predicted molar refractivity (Wildman–Crippen MR) is 99.5 cm³/mol. The summed E-state index contributed by atoms with van der Waals surface area (Å²) in [6.45, 7) is 1.76. The maximum absolute atomic E-state index is 13.6. The van der Waals surface area contributed by atoms with Gasteiger partial charge in [-0.15, -0.1) is 0 Å². The third-order valence-electron chi connectivity index (χ3n) is 4.26. The largest absolute Gasteiger partial charge is 0.384 e. The second-order valence-electron chi connectivity index (χ2n) is 6.01. The maximum Gasteiger partial charge on any atom is 0.126 e. The van der Waals surface area contributed by atoms with Gasteiger partial charge in [0.25, 0.3) is 0 Å². The molecule has 4 heteroatoms. The summed E-state index contributed by atoms with van der Waals surface area (Å²) in [5, 5.41) is 1.01. The minimum Gasteiger partial charge on any atom is -0.384 e. The van der Waals surface area contributed by atoms with E-state index in [1.165, 1.54) is 6.07 Å². The van der Waals surface area contributed by atoms with Gasteiger partial charge in [0.1, 0.15) is 11.6 Å². The molecule has 25 heavy (non-hydrogen) atoms. The van der Waals surface area contributed by atoms with Crippen molar-refractivity contribution in [1.82, 2.24) is 9.97 Å². The molecule has 0 saturated carbocycles. The van der Waals surface area contributed by atoms with E-state index in [-0.39, 0.29) is 5.82 Å². The highest BCUT2D eigenvalue weighted by atomic mass is 19.1. The molecule has 0 aliphatic heterocycles. The summed E-state index contributed by atoms with van der Waals surface area (Å²) in [6.07, 6.45) is 1.75. The predicted octanol–water partition coefficient (Wildman–Crippen LogP) is 4.99. The summed E-state index contributed by atoms with van der Waals surface area (Å²) < 4.78 is 13.6. The van der Waals surface area contributed by atoms with Gasteiger partial charge in [0.05, 0.1) is 11.2 Å². The molecule has 0 unspecified atom stereocenters.